The number of aryl methyl sites for hydroxylation is 1. The zero-order valence-corrected chi connectivity index (χ0v) is 26.7. The van der Waals surface area contributed by atoms with Gasteiger partial charge < -0.3 is 19.5 Å². The number of carbonyl (C=O) groups excluding carboxylic acids is 1. The van der Waals surface area contributed by atoms with E-state index in [1.807, 2.05) is 37.3 Å². The summed E-state index contributed by atoms with van der Waals surface area (Å²) in [5.41, 5.74) is 3.48. The summed E-state index contributed by atoms with van der Waals surface area (Å²) in [4.78, 5) is 27.2. The van der Waals surface area contributed by atoms with Gasteiger partial charge in [0.25, 0.3) is 5.91 Å². The third-order valence-corrected chi connectivity index (χ3v) is 12.3. The quantitative estimate of drug-likeness (QED) is 0.342. The highest BCUT2D eigenvalue weighted by atomic mass is 35.5. The van der Waals surface area contributed by atoms with E-state index in [1.165, 1.54) is 11.1 Å². The van der Waals surface area contributed by atoms with Crippen LogP contribution in [0.5, 0.6) is 5.75 Å². The van der Waals surface area contributed by atoms with Crippen LogP contribution >= 0.6 is 11.6 Å². The first kappa shape index (κ1) is 31.0. The van der Waals surface area contributed by atoms with Crippen molar-refractivity contribution in [2.45, 2.75) is 68.6 Å². The summed E-state index contributed by atoms with van der Waals surface area (Å²) in [5, 5.41) is 9.74. The van der Waals surface area contributed by atoms with Crippen LogP contribution in [0.1, 0.15) is 66.9 Å². The Bertz CT molecular complexity index is 1580. The molecule has 2 aliphatic heterocycles. The third-order valence-electron chi connectivity index (χ3n) is 10.0. The Hall–Kier alpha value is -3.01. The highest BCUT2D eigenvalue weighted by Gasteiger charge is 2.44. The summed E-state index contributed by atoms with van der Waals surface area (Å²) in [7, 11) is -2.93. The number of carboxylic acids is 1. The van der Waals surface area contributed by atoms with Gasteiger partial charge in [-0.3, -0.25) is 9.52 Å². The number of halogens is 1. The number of nitrogens with zero attached hydrogens (tertiary/aromatic N) is 1. The minimum absolute atomic E-state index is 0.153. The van der Waals surface area contributed by atoms with Gasteiger partial charge in [-0.05, 0) is 111 Å². The molecule has 1 unspecified atom stereocenters. The number of carboxylic acid groups (broad SMARTS) is 1. The summed E-state index contributed by atoms with van der Waals surface area (Å²) in [6.07, 6.45) is 9.68. The Labute approximate surface area is 264 Å². The molecule has 2 aromatic rings. The number of allylic oxidation sites excluding steroid dienone is 1. The van der Waals surface area contributed by atoms with Gasteiger partial charge in [-0.15, -0.1) is 0 Å². The van der Waals surface area contributed by atoms with E-state index in [0.717, 1.165) is 42.8 Å². The Morgan fingerprint density at radius 3 is 2.86 bits per heavy atom. The summed E-state index contributed by atoms with van der Waals surface area (Å²) in [6, 6.07) is 11.6. The molecule has 0 saturated heterocycles. The van der Waals surface area contributed by atoms with Gasteiger partial charge in [0, 0.05) is 34.3 Å². The van der Waals surface area contributed by atoms with Crippen molar-refractivity contribution in [3.05, 3.63) is 70.3 Å². The lowest BCUT2D eigenvalue weighted by Crippen LogP contribution is -2.49. The topological polar surface area (TPSA) is 105 Å². The van der Waals surface area contributed by atoms with Crippen LogP contribution in [0.2, 0.25) is 5.02 Å². The van der Waals surface area contributed by atoms with E-state index in [0.29, 0.717) is 43.9 Å². The first-order valence-corrected chi connectivity index (χ1v) is 17.7. The zero-order valence-electron chi connectivity index (χ0n) is 25.1. The van der Waals surface area contributed by atoms with Crippen molar-refractivity contribution in [3.63, 3.8) is 0 Å². The van der Waals surface area contributed by atoms with E-state index in [4.69, 9.17) is 21.1 Å². The van der Waals surface area contributed by atoms with E-state index in [1.54, 1.807) is 6.07 Å². The highest BCUT2D eigenvalue weighted by Crippen LogP contribution is 2.47. The number of benzene rings is 2. The zero-order chi connectivity index (χ0) is 31.1. The lowest BCUT2D eigenvalue weighted by Gasteiger charge is -2.46. The van der Waals surface area contributed by atoms with Crippen LogP contribution in [-0.2, 0) is 31.1 Å². The second-order valence-electron chi connectivity index (χ2n) is 12.9. The molecule has 4 aliphatic rings. The van der Waals surface area contributed by atoms with Crippen LogP contribution in [0, 0.1) is 11.8 Å². The predicted octanol–water partition coefficient (Wildman–Crippen LogP) is 5.41. The number of fused-ring (bicyclic) bond motifs is 4. The summed E-state index contributed by atoms with van der Waals surface area (Å²) in [6.45, 7) is 3.37. The standard InChI is InChI=1S/C34H41ClN2O6S/c1-22-6-3-4-8-30(42-19-32(38)39)27-12-9-25(27)18-37-20-34(15-5-7-23-16-26(35)11-13-28(23)34)21-43-31-14-10-24(17-29(31)37)33(40)36-44(22,2)41/h4,8,10-11,13-14,16-17,22,25,27,30H,2-3,5-7,9,12,15,18-21H2,1H3,(H,38,39)(H,36,40,41)/b8-4+/t22-,25+,27-,30+,34+,44?/m1/s1. The fraction of sp³-hybridized carbons (Fsp3) is 0.500. The minimum atomic E-state index is -2.93. The molecule has 10 heteroatoms. The molecule has 44 heavy (non-hydrogen) atoms. The number of ether oxygens (including phenoxy) is 2. The largest absolute Gasteiger partial charge is 0.490 e. The predicted molar refractivity (Wildman–Crippen MR) is 174 cm³/mol. The maximum Gasteiger partial charge on any atom is 0.329 e. The molecule has 2 bridgehead atoms. The maximum atomic E-state index is 13.5. The number of aliphatic carboxylic acids is 1. The van der Waals surface area contributed by atoms with Crippen molar-refractivity contribution >= 4 is 44.7 Å². The van der Waals surface area contributed by atoms with Gasteiger partial charge in [0.1, 0.15) is 12.4 Å². The summed E-state index contributed by atoms with van der Waals surface area (Å²) >= 11 is 6.41. The smallest absolute Gasteiger partial charge is 0.329 e. The van der Waals surface area contributed by atoms with Crippen LogP contribution < -0.4 is 14.4 Å². The Balaban J connectivity index is 1.41. The average Bonchev–Trinajstić information content (AvgIpc) is 3.12. The molecule has 6 atom stereocenters. The van der Waals surface area contributed by atoms with Crippen molar-refractivity contribution in [1.29, 1.82) is 0 Å². The van der Waals surface area contributed by atoms with E-state index in [-0.39, 0.29) is 35.2 Å². The van der Waals surface area contributed by atoms with Crippen LogP contribution in [0.4, 0.5) is 5.69 Å². The molecule has 236 valence electrons. The summed E-state index contributed by atoms with van der Waals surface area (Å²) < 4.78 is 28.7. The molecule has 2 N–H and O–H groups in total. The van der Waals surface area contributed by atoms with Gasteiger partial charge in [0.15, 0.2) is 0 Å². The van der Waals surface area contributed by atoms with Crippen LogP contribution in [-0.4, -0.2) is 64.7 Å². The van der Waals surface area contributed by atoms with Gasteiger partial charge in [-0.1, -0.05) is 29.8 Å². The molecule has 6 rings (SSSR count). The first-order chi connectivity index (χ1) is 21.0. The maximum absolute atomic E-state index is 13.5. The van der Waals surface area contributed by atoms with Gasteiger partial charge >= 0.3 is 5.97 Å². The first-order valence-electron chi connectivity index (χ1n) is 15.5. The molecule has 8 nitrogen and oxygen atoms in total. The molecule has 2 aliphatic carbocycles. The van der Waals surface area contributed by atoms with Gasteiger partial charge in [-0.25, -0.2) is 9.00 Å². The lowest BCUT2D eigenvalue weighted by atomic mass is 9.68. The SMILES string of the molecule is C=S1(=O)NC(=O)c2ccc3c(c2)N(C[C@@H]2CC[C@H]2[C@@H](OCC(=O)O)/C=C/CC[C@H]1C)C[C@@]1(CCCc2cc(Cl)ccc21)CO3. The lowest BCUT2D eigenvalue weighted by molar-refractivity contribution is -0.145. The normalized spacial score (nSPS) is 32.7. The van der Waals surface area contributed by atoms with E-state index >= 15 is 0 Å². The molecule has 1 fully saturated rings. The molecule has 0 radical (unpaired) electrons. The third kappa shape index (κ3) is 6.24. The Morgan fingerprint density at radius 2 is 2.09 bits per heavy atom. The minimum Gasteiger partial charge on any atom is -0.490 e. The van der Waals surface area contributed by atoms with Crippen molar-refractivity contribution in [3.8, 4) is 5.75 Å². The van der Waals surface area contributed by atoms with E-state index in [2.05, 4.69) is 27.6 Å². The fourth-order valence-corrected chi connectivity index (χ4v) is 8.69. The van der Waals surface area contributed by atoms with Crippen LogP contribution in [0.15, 0.2) is 48.6 Å². The van der Waals surface area contributed by atoms with Crippen LogP contribution in [0.3, 0.4) is 0 Å². The van der Waals surface area contributed by atoms with E-state index in [9.17, 15) is 18.9 Å². The molecular formula is C34H41ClN2O6S. The highest BCUT2D eigenvalue weighted by molar-refractivity contribution is 7.99. The molecule has 1 spiro atoms. The molecule has 2 heterocycles. The van der Waals surface area contributed by atoms with E-state index < -0.39 is 21.6 Å². The molecule has 1 saturated carbocycles. The van der Waals surface area contributed by atoms with Gasteiger partial charge in [0.05, 0.1) is 28.1 Å². The number of amides is 1. The number of hydrogen-bond acceptors (Lipinski definition) is 6. The number of rotatable bonds is 3. The average molecular weight is 641 g/mol. The Morgan fingerprint density at radius 1 is 1.25 bits per heavy atom. The van der Waals surface area contributed by atoms with Crippen molar-refractivity contribution in [2.24, 2.45) is 11.8 Å². The van der Waals surface area contributed by atoms with Crippen molar-refractivity contribution < 1.29 is 28.4 Å². The second kappa shape index (κ2) is 12.4. The van der Waals surface area contributed by atoms with Crippen LogP contribution in [0.25, 0.3) is 0 Å². The van der Waals surface area contributed by atoms with Crippen molar-refractivity contribution in [1.82, 2.24) is 4.72 Å². The van der Waals surface area contributed by atoms with Crippen molar-refractivity contribution in [2.75, 3.05) is 31.2 Å². The summed E-state index contributed by atoms with van der Waals surface area (Å²) in [5.74, 6) is 3.61. The molecule has 1 amide bonds. The van der Waals surface area contributed by atoms with Gasteiger partial charge in [0.2, 0.25) is 0 Å². The monoisotopic (exact) mass is 640 g/mol. The Kier molecular flexibility index (Phi) is 8.74. The number of anilines is 1. The fourth-order valence-electron chi connectivity index (χ4n) is 7.35. The number of hydrogen-bond donors (Lipinski definition) is 2. The number of nitrogens with one attached hydrogen (secondary N) is 1. The van der Waals surface area contributed by atoms with Gasteiger partial charge in [-0.2, -0.15) is 0 Å². The molecule has 2 aromatic carbocycles. The molecular weight excluding hydrogens is 600 g/mol. The number of carbonyl (C=O) groups is 2. The second-order valence-corrected chi connectivity index (χ2v) is 15.8. The molecule has 0 aromatic heterocycles.